The van der Waals surface area contributed by atoms with Gasteiger partial charge in [-0.25, -0.2) is 29.2 Å². The van der Waals surface area contributed by atoms with E-state index in [4.69, 9.17) is 0 Å². The van der Waals surface area contributed by atoms with Gasteiger partial charge in [0.1, 0.15) is 0 Å². The van der Waals surface area contributed by atoms with Crippen molar-refractivity contribution in [1.29, 1.82) is 0 Å². The van der Waals surface area contributed by atoms with Crippen LogP contribution < -0.4 is 0 Å². The Bertz CT molecular complexity index is 626. The van der Waals surface area contributed by atoms with Gasteiger partial charge in [-0.15, -0.1) is 0 Å². The Hall–Kier alpha value is -2.48. The summed E-state index contributed by atoms with van der Waals surface area (Å²) in [5.41, 5.74) is -0.945. The Balaban J connectivity index is 0.000000546. The van der Waals surface area contributed by atoms with Crippen molar-refractivity contribution >= 4 is 24.3 Å². The molecule has 0 aromatic heterocycles. The summed E-state index contributed by atoms with van der Waals surface area (Å²) in [5, 5.41) is 0. The van der Waals surface area contributed by atoms with Gasteiger partial charge in [0.2, 0.25) is 24.3 Å². The monoisotopic (exact) mass is 390 g/mol. The zero-order valence-corrected chi connectivity index (χ0v) is 17.3. The molecule has 0 aromatic carbocycles. The SMILES string of the molecule is CC1(C)CC(C)(N=C=O)CC(C)(N=C=O)C1.O=C=NCCCCCCN=C=O. The summed E-state index contributed by atoms with van der Waals surface area (Å²) in [6.45, 7) is 9.14. The third kappa shape index (κ3) is 11.3. The predicted molar refractivity (Wildman–Crippen MR) is 105 cm³/mol. The Morgan fingerprint density at radius 2 is 1.00 bits per heavy atom. The zero-order chi connectivity index (χ0) is 21.5. The van der Waals surface area contributed by atoms with Crippen LogP contribution in [0.2, 0.25) is 0 Å². The van der Waals surface area contributed by atoms with E-state index >= 15 is 0 Å². The van der Waals surface area contributed by atoms with Crippen molar-refractivity contribution in [3.8, 4) is 0 Å². The van der Waals surface area contributed by atoms with Crippen molar-refractivity contribution in [3.63, 3.8) is 0 Å². The van der Waals surface area contributed by atoms with E-state index in [2.05, 4.69) is 33.8 Å². The lowest BCUT2D eigenvalue weighted by molar-refractivity contribution is 0.101. The van der Waals surface area contributed by atoms with Crippen molar-refractivity contribution in [2.24, 2.45) is 25.4 Å². The van der Waals surface area contributed by atoms with Crippen LogP contribution in [0.4, 0.5) is 0 Å². The van der Waals surface area contributed by atoms with Crippen molar-refractivity contribution in [3.05, 3.63) is 0 Å². The summed E-state index contributed by atoms with van der Waals surface area (Å²) in [6, 6.07) is 0. The fraction of sp³-hybridized carbons (Fsp3) is 0.800. The minimum atomic E-state index is -0.474. The number of unbranched alkanes of at least 4 members (excludes halogenated alkanes) is 3. The standard InChI is InChI=1S/C12H18N2O2.C8H12N2O2/c1-10(2)5-11(3,13-8-15)7-12(4,6-10)14-9-16;11-7-9-5-3-1-2-4-6-10-8-12/h5-7H2,1-4H3;1-6H2. The van der Waals surface area contributed by atoms with Crippen LogP contribution in [-0.4, -0.2) is 48.5 Å². The number of isocyanates is 4. The maximum atomic E-state index is 10.5. The molecule has 1 aliphatic rings. The second-order valence-corrected chi connectivity index (χ2v) is 8.45. The van der Waals surface area contributed by atoms with Crippen LogP contribution in [-0.2, 0) is 19.2 Å². The van der Waals surface area contributed by atoms with E-state index in [1.165, 1.54) is 12.2 Å². The summed E-state index contributed by atoms with van der Waals surface area (Å²) in [4.78, 5) is 54.8. The lowest BCUT2D eigenvalue weighted by atomic mass is 9.62. The summed E-state index contributed by atoms with van der Waals surface area (Å²) in [7, 11) is 0. The second kappa shape index (κ2) is 12.8. The molecule has 0 aliphatic heterocycles. The van der Waals surface area contributed by atoms with Crippen LogP contribution >= 0.6 is 0 Å². The number of hydrogen-bond donors (Lipinski definition) is 0. The Labute approximate surface area is 166 Å². The summed E-state index contributed by atoms with van der Waals surface area (Å²) in [5.74, 6) is 0. The van der Waals surface area contributed by atoms with Crippen LogP contribution in [0.1, 0.15) is 72.6 Å². The highest BCUT2D eigenvalue weighted by atomic mass is 16.1. The van der Waals surface area contributed by atoms with Gasteiger partial charge in [0.25, 0.3) is 0 Å². The molecule has 0 aromatic rings. The maximum absolute atomic E-state index is 10.5. The molecule has 8 heteroatoms. The number of rotatable bonds is 9. The summed E-state index contributed by atoms with van der Waals surface area (Å²) < 4.78 is 0. The van der Waals surface area contributed by atoms with E-state index in [9.17, 15) is 19.2 Å². The van der Waals surface area contributed by atoms with Crippen LogP contribution in [0.5, 0.6) is 0 Å². The fourth-order valence-corrected chi connectivity index (χ4v) is 4.27. The second-order valence-electron chi connectivity index (χ2n) is 8.45. The van der Waals surface area contributed by atoms with Gasteiger partial charge < -0.3 is 0 Å². The molecule has 0 amide bonds. The highest BCUT2D eigenvalue weighted by Gasteiger charge is 2.47. The molecule has 0 spiro atoms. The van der Waals surface area contributed by atoms with E-state index < -0.39 is 11.1 Å². The molecule has 1 rings (SSSR count). The molecule has 0 radical (unpaired) electrons. The first kappa shape index (κ1) is 25.5. The van der Waals surface area contributed by atoms with E-state index in [0.717, 1.165) is 38.5 Å². The van der Waals surface area contributed by atoms with Gasteiger partial charge >= 0.3 is 0 Å². The molecule has 1 fully saturated rings. The average Bonchev–Trinajstić information content (AvgIpc) is 2.55. The van der Waals surface area contributed by atoms with E-state index in [1.54, 1.807) is 12.2 Å². The molecule has 0 heterocycles. The maximum Gasteiger partial charge on any atom is 0.235 e. The molecule has 154 valence electrons. The van der Waals surface area contributed by atoms with Crippen LogP contribution in [0, 0.1) is 5.41 Å². The molecule has 0 bridgehead atoms. The molecule has 1 aliphatic carbocycles. The van der Waals surface area contributed by atoms with Gasteiger partial charge in [0, 0.05) is 0 Å². The Kier molecular flexibility index (Phi) is 11.7. The molecule has 2 atom stereocenters. The Morgan fingerprint density at radius 1 is 0.607 bits per heavy atom. The Morgan fingerprint density at radius 3 is 1.32 bits per heavy atom. The topological polar surface area (TPSA) is 118 Å². The summed E-state index contributed by atoms with van der Waals surface area (Å²) in [6.07, 6.45) is 12.3. The highest BCUT2D eigenvalue weighted by Crippen LogP contribution is 2.48. The smallest absolute Gasteiger partial charge is 0.211 e. The predicted octanol–water partition coefficient (Wildman–Crippen LogP) is 3.60. The molecule has 1 saturated carbocycles. The van der Waals surface area contributed by atoms with Crippen molar-refractivity contribution in [1.82, 2.24) is 0 Å². The third-order valence-electron chi connectivity index (χ3n) is 4.53. The average molecular weight is 390 g/mol. The van der Waals surface area contributed by atoms with Gasteiger partial charge in [0.15, 0.2) is 0 Å². The van der Waals surface area contributed by atoms with E-state index in [-0.39, 0.29) is 5.41 Å². The fourth-order valence-electron chi connectivity index (χ4n) is 4.27. The first-order valence-corrected chi connectivity index (χ1v) is 9.41. The third-order valence-corrected chi connectivity index (χ3v) is 4.53. The minimum absolute atomic E-state index is 0.00243. The zero-order valence-electron chi connectivity index (χ0n) is 17.3. The van der Waals surface area contributed by atoms with Gasteiger partial charge in [-0.1, -0.05) is 26.7 Å². The number of aliphatic imine (C=N–C) groups is 4. The largest absolute Gasteiger partial charge is 0.235 e. The first-order chi connectivity index (χ1) is 13.2. The molecule has 28 heavy (non-hydrogen) atoms. The van der Waals surface area contributed by atoms with E-state index in [0.29, 0.717) is 19.5 Å². The highest BCUT2D eigenvalue weighted by molar-refractivity contribution is 5.37. The molecular weight excluding hydrogens is 360 g/mol. The molecular formula is C20H30N4O4. The van der Waals surface area contributed by atoms with Crippen molar-refractivity contribution < 1.29 is 19.2 Å². The quantitative estimate of drug-likeness (QED) is 0.339. The van der Waals surface area contributed by atoms with Crippen LogP contribution in [0.3, 0.4) is 0 Å². The van der Waals surface area contributed by atoms with Gasteiger partial charge in [-0.05, 0) is 51.4 Å². The normalized spacial score (nSPS) is 24.7. The minimum Gasteiger partial charge on any atom is -0.211 e. The molecule has 2 unspecified atom stereocenters. The summed E-state index contributed by atoms with van der Waals surface area (Å²) >= 11 is 0. The van der Waals surface area contributed by atoms with Gasteiger partial charge in [0.05, 0.1) is 24.2 Å². The number of nitrogens with zero attached hydrogens (tertiary/aromatic N) is 4. The lowest BCUT2D eigenvalue weighted by Crippen LogP contribution is -2.47. The van der Waals surface area contributed by atoms with Gasteiger partial charge in [-0.3, -0.25) is 0 Å². The first-order valence-electron chi connectivity index (χ1n) is 9.41. The van der Waals surface area contributed by atoms with Crippen LogP contribution in [0.25, 0.3) is 0 Å². The van der Waals surface area contributed by atoms with Crippen molar-refractivity contribution in [2.75, 3.05) is 13.1 Å². The van der Waals surface area contributed by atoms with Gasteiger partial charge in [-0.2, -0.15) is 9.98 Å². The lowest BCUT2D eigenvalue weighted by Gasteiger charge is -2.47. The van der Waals surface area contributed by atoms with E-state index in [1.807, 2.05) is 13.8 Å². The molecule has 0 N–H and O–H groups in total. The van der Waals surface area contributed by atoms with Crippen molar-refractivity contribution in [2.45, 2.75) is 83.7 Å². The number of carbonyl (C=O) groups excluding carboxylic acids is 4. The van der Waals surface area contributed by atoms with Crippen LogP contribution in [0.15, 0.2) is 20.0 Å². The molecule has 8 nitrogen and oxygen atoms in total. The molecule has 0 saturated heterocycles. The number of hydrogen-bond acceptors (Lipinski definition) is 8.